The second kappa shape index (κ2) is 11.6. The molecule has 1 saturated carbocycles. The lowest BCUT2D eigenvalue weighted by molar-refractivity contribution is -0.137. The standard InChI is InChI=1S/C27H32F3N5O3S/c28-27(29,30)20-5-3-9-23(16-20)39(36,37)32-13-4-8-22-18-35(34-33-22)25-12-14-38-26-15-19(10-11-24(25)26)17-31-21-6-1-2-7-21/h3,5,9-11,15-16,18,21,25,31-32H,1-2,4,6-8,12-14,17H2/t25-/m1/s1. The molecule has 2 aliphatic rings. The molecule has 0 amide bonds. The molecule has 8 nitrogen and oxygen atoms in total. The van der Waals surface area contributed by atoms with Crippen LogP contribution in [0.3, 0.4) is 0 Å². The summed E-state index contributed by atoms with van der Waals surface area (Å²) in [6.45, 7) is 1.45. The van der Waals surface area contributed by atoms with Crippen LogP contribution in [0.5, 0.6) is 5.75 Å². The Hall–Kier alpha value is -2.96. The predicted molar refractivity (Wildman–Crippen MR) is 139 cm³/mol. The van der Waals surface area contributed by atoms with E-state index in [0.717, 1.165) is 42.5 Å². The maximum absolute atomic E-state index is 12.9. The number of nitrogens with one attached hydrogen (secondary N) is 2. The van der Waals surface area contributed by atoms with Gasteiger partial charge in [-0.2, -0.15) is 13.2 Å². The van der Waals surface area contributed by atoms with Gasteiger partial charge in [0.1, 0.15) is 5.75 Å². The van der Waals surface area contributed by atoms with Crippen LogP contribution in [0.25, 0.3) is 0 Å². The number of sulfonamides is 1. The molecular formula is C27H32F3N5O3S. The van der Waals surface area contributed by atoms with Crippen LogP contribution >= 0.6 is 0 Å². The van der Waals surface area contributed by atoms with Crippen molar-refractivity contribution in [2.75, 3.05) is 13.2 Å². The van der Waals surface area contributed by atoms with E-state index in [-0.39, 0.29) is 12.6 Å². The molecule has 1 aromatic heterocycles. The van der Waals surface area contributed by atoms with Gasteiger partial charge in [-0.3, -0.25) is 0 Å². The third-order valence-electron chi connectivity index (χ3n) is 7.29. The summed E-state index contributed by atoms with van der Waals surface area (Å²) < 4.78 is 73.8. The summed E-state index contributed by atoms with van der Waals surface area (Å²) in [5.41, 5.74) is 1.94. The van der Waals surface area contributed by atoms with E-state index in [2.05, 4.69) is 38.6 Å². The average Bonchev–Trinajstić information content (AvgIpc) is 3.62. The van der Waals surface area contributed by atoms with Gasteiger partial charge in [0, 0.05) is 37.3 Å². The zero-order valence-electron chi connectivity index (χ0n) is 21.5. The second-order valence-electron chi connectivity index (χ2n) is 10.1. The van der Waals surface area contributed by atoms with Crippen LogP contribution in [0.4, 0.5) is 13.2 Å². The number of hydrogen-bond donors (Lipinski definition) is 2. The highest BCUT2D eigenvalue weighted by Crippen LogP contribution is 2.35. The van der Waals surface area contributed by atoms with Gasteiger partial charge in [-0.05, 0) is 55.5 Å². The number of halogens is 3. The molecule has 1 fully saturated rings. The van der Waals surface area contributed by atoms with Crippen LogP contribution in [0.2, 0.25) is 0 Å². The first-order chi connectivity index (χ1) is 18.7. The van der Waals surface area contributed by atoms with E-state index >= 15 is 0 Å². The summed E-state index contributed by atoms with van der Waals surface area (Å²) in [5, 5.41) is 12.2. The van der Waals surface area contributed by atoms with E-state index in [1.54, 1.807) is 0 Å². The van der Waals surface area contributed by atoms with E-state index in [4.69, 9.17) is 4.74 Å². The zero-order valence-corrected chi connectivity index (χ0v) is 22.3. The first-order valence-electron chi connectivity index (χ1n) is 13.3. The molecule has 12 heteroatoms. The van der Waals surface area contributed by atoms with Gasteiger partial charge < -0.3 is 10.1 Å². The van der Waals surface area contributed by atoms with Gasteiger partial charge in [-0.25, -0.2) is 17.8 Å². The Bertz CT molecular complexity index is 1390. The van der Waals surface area contributed by atoms with Crippen LogP contribution < -0.4 is 14.8 Å². The molecule has 5 rings (SSSR count). The summed E-state index contributed by atoms with van der Waals surface area (Å²) in [6, 6.07) is 10.6. The fourth-order valence-corrected chi connectivity index (χ4v) is 6.29. The summed E-state index contributed by atoms with van der Waals surface area (Å²) in [5.74, 6) is 0.859. The molecule has 0 unspecified atom stereocenters. The van der Waals surface area contributed by atoms with Gasteiger partial charge in [-0.1, -0.05) is 36.3 Å². The van der Waals surface area contributed by atoms with Gasteiger partial charge in [0.05, 0.1) is 28.8 Å². The lowest BCUT2D eigenvalue weighted by atomic mass is 9.98. The molecule has 2 heterocycles. The minimum Gasteiger partial charge on any atom is -0.493 e. The topological polar surface area (TPSA) is 98.1 Å². The van der Waals surface area contributed by atoms with Gasteiger partial charge in [-0.15, -0.1) is 5.10 Å². The van der Waals surface area contributed by atoms with Crippen molar-refractivity contribution in [3.05, 3.63) is 71.0 Å². The van der Waals surface area contributed by atoms with E-state index in [9.17, 15) is 21.6 Å². The first kappa shape index (κ1) is 27.6. The van der Waals surface area contributed by atoms with Crippen LogP contribution in [0.15, 0.2) is 53.6 Å². The molecule has 1 aliphatic heterocycles. The molecule has 2 aromatic carbocycles. The number of alkyl halides is 3. The Kier molecular flexibility index (Phi) is 8.24. The number of aryl methyl sites for hydroxylation is 1. The van der Waals surface area contributed by atoms with Crippen molar-refractivity contribution >= 4 is 10.0 Å². The van der Waals surface area contributed by atoms with Crippen molar-refractivity contribution in [3.8, 4) is 5.75 Å². The minimum atomic E-state index is -4.61. The number of benzene rings is 2. The first-order valence-corrected chi connectivity index (χ1v) is 14.7. The normalized spacial score (nSPS) is 18.2. The molecule has 39 heavy (non-hydrogen) atoms. The minimum absolute atomic E-state index is 0.00810. The van der Waals surface area contributed by atoms with Crippen LogP contribution in [-0.2, 0) is 29.2 Å². The summed E-state index contributed by atoms with van der Waals surface area (Å²) in [6.07, 6.45) is 3.94. The van der Waals surface area contributed by atoms with E-state index in [1.165, 1.54) is 31.2 Å². The monoisotopic (exact) mass is 563 g/mol. The second-order valence-corrected chi connectivity index (χ2v) is 11.9. The Morgan fingerprint density at radius 2 is 1.90 bits per heavy atom. The molecule has 0 saturated heterocycles. The maximum Gasteiger partial charge on any atom is 0.416 e. The van der Waals surface area contributed by atoms with Crippen molar-refractivity contribution in [2.45, 2.75) is 74.6 Å². The molecule has 1 aliphatic carbocycles. The number of hydrogen-bond acceptors (Lipinski definition) is 6. The molecule has 1 atom stereocenters. The van der Waals surface area contributed by atoms with Crippen LogP contribution in [-0.4, -0.2) is 42.6 Å². The SMILES string of the molecule is O=S(=O)(NCCCc1cn([C@@H]2CCOc3cc(CNC4CCCC4)ccc32)nn1)c1cccc(C(F)(F)F)c1. The third-order valence-corrected chi connectivity index (χ3v) is 8.75. The lowest BCUT2D eigenvalue weighted by Crippen LogP contribution is -2.25. The van der Waals surface area contributed by atoms with Crippen LogP contribution in [0.1, 0.15) is 67.0 Å². The molecule has 0 spiro atoms. The van der Waals surface area contributed by atoms with Crippen LogP contribution in [0, 0.1) is 0 Å². The predicted octanol–water partition coefficient (Wildman–Crippen LogP) is 4.61. The molecule has 210 valence electrons. The van der Waals surface area contributed by atoms with Gasteiger partial charge in [0.15, 0.2) is 0 Å². The summed E-state index contributed by atoms with van der Waals surface area (Å²) >= 11 is 0. The Morgan fingerprint density at radius 3 is 2.69 bits per heavy atom. The van der Waals surface area contributed by atoms with E-state index in [0.29, 0.717) is 37.3 Å². The molecule has 0 bridgehead atoms. The summed E-state index contributed by atoms with van der Waals surface area (Å²) in [4.78, 5) is -0.418. The van der Waals surface area contributed by atoms with E-state index in [1.807, 2.05) is 10.9 Å². The average molecular weight is 564 g/mol. The quantitative estimate of drug-likeness (QED) is 0.350. The molecule has 3 aromatic rings. The van der Waals surface area contributed by atoms with Crippen molar-refractivity contribution < 1.29 is 26.3 Å². The molecular weight excluding hydrogens is 531 g/mol. The largest absolute Gasteiger partial charge is 0.493 e. The van der Waals surface area contributed by atoms with Crippen molar-refractivity contribution in [2.24, 2.45) is 0 Å². The highest BCUT2D eigenvalue weighted by molar-refractivity contribution is 7.89. The van der Waals surface area contributed by atoms with Gasteiger partial charge in [0.25, 0.3) is 0 Å². The third kappa shape index (κ3) is 6.79. The van der Waals surface area contributed by atoms with Gasteiger partial charge >= 0.3 is 6.18 Å². The number of aromatic nitrogens is 3. The number of ether oxygens (including phenoxy) is 1. The Balaban J connectivity index is 1.15. The Labute approximate surface area is 226 Å². The lowest BCUT2D eigenvalue weighted by Gasteiger charge is -2.26. The number of fused-ring (bicyclic) bond motifs is 1. The van der Waals surface area contributed by atoms with Crippen molar-refractivity contribution in [1.29, 1.82) is 0 Å². The number of rotatable bonds is 10. The highest BCUT2D eigenvalue weighted by Gasteiger charge is 2.31. The molecule has 2 N–H and O–H groups in total. The van der Waals surface area contributed by atoms with Gasteiger partial charge in [0.2, 0.25) is 10.0 Å². The maximum atomic E-state index is 12.9. The summed E-state index contributed by atoms with van der Waals surface area (Å²) in [7, 11) is -4.07. The van der Waals surface area contributed by atoms with Crippen molar-refractivity contribution in [1.82, 2.24) is 25.0 Å². The smallest absolute Gasteiger partial charge is 0.416 e. The van der Waals surface area contributed by atoms with E-state index < -0.39 is 26.7 Å². The molecule has 0 radical (unpaired) electrons. The Morgan fingerprint density at radius 1 is 1.08 bits per heavy atom. The fourth-order valence-electron chi connectivity index (χ4n) is 5.17. The number of nitrogens with zero attached hydrogens (tertiary/aromatic N) is 3. The van der Waals surface area contributed by atoms with Crippen molar-refractivity contribution in [3.63, 3.8) is 0 Å². The highest BCUT2D eigenvalue weighted by atomic mass is 32.2. The fraction of sp³-hybridized carbons (Fsp3) is 0.481. The zero-order chi connectivity index (χ0) is 27.5.